The van der Waals surface area contributed by atoms with Gasteiger partial charge in [0.25, 0.3) is 5.91 Å². The topological polar surface area (TPSA) is 96.2 Å². The first kappa shape index (κ1) is 24.7. The van der Waals surface area contributed by atoms with Crippen LogP contribution in [-0.2, 0) is 0 Å². The number of hydrogen-bond donors (Lipinski definition) is 2. The summed E-state index contributed by atoms with van der Waals surface area (Å²) in [6.07, 6.45) is 15.0. The van der Waals surface area contributed by atoms with Crippen LogP contribution in [0.15, 0.2) is 36.9 Å². The second-order valence-corrected chi connectivity index (χ2v) is 10.5. The van der Waals surface area contributed by atoms with E-state index < -0.39 is 0 Å². The van der Waals surface area contributed by atoms with Crippen LogP contribution in [0.2, 0.25) is 0 Å². The number of aliphatic hydroxyl groups is 1. The smallest absolute Gasteiger partial charge is 0.255 e. The first-order valence-corrected chi connectivity index (χ1v) is 13.5. The number of rotatable bonds is 7. The van der Waals surface area contributed by atoms with E-state index in [1.165, 1.54) is 5.56 Å². The van der Waals surface area contributed by atoms with Crippen LogP contribution in [-0.4, -0.2) is 60.7 Å². The number of aliphatic hydroxyl groups excluding tert-OH is 1. The highest BCUT2D eigenvalue weighted by atomic mass is 16.3. The third-order valence-corrected chi connectivity index (χ3v) is 7.89. The van der Waals surface area contributed by atoms with Gasteiger partial charge in [-0.05, 0) is 75.5 Å². The van der Waals surface area contributed by atoms with Crippen molar-refractivity contribution in [2.75, 3.05) is 18.4 Å². The summed E-state index contributed by atoms with van der Waals surface area (Å²) >= 11 is 0. The number of piperidine rings is 1. The summed E-state index contributed by atoms with van der Waals surface area (Å²) in [6.45, 7) is 5.82. The van der Waals surface area contributed by atoms with Crippen LogP contribution in [0.3, 0.4) is 0 Å². The molecule has 0 aromatic carbocycles. The minimum absolute atomic E-state index is 0.0602. The standard InChI is InChI=1S/C28H38N6O2/c1-3-5-19(2)31-28-30-17-24-25(18-34(26(24)32-28)22-7-9-23(35)10-8-22)20-11-14-33(15-12-20)27(36)21-6-4-13-29-16-21/h4,6,13,16-20,22-23,35H,3,5,7-12,14-15H2,1-2H3,(H,30,31,32)/t19-,22-,23-/m0/s1. The highest BCUT2D eigenvalue weighted by Crippen LogP contribution is 2.38. The van der Waals surface area contributed by atoms with Gasteiger partial charge in [0.2, 0.25) is 5.95 Å². The van der Waals surface area contributed by atoms with Crippen LogP contribution in [0, 0.1) is 0 Å². The molecule has 1 amide bonds. The van der Waals surface area contributed by atoms with E-state index in [2.05, 4.69) is 34.9 Å². The lowest BCUT2D eigenvalue weighted by Gasteiger charge is -2.32. The SMILES string of the molecule is CCC[C@H](C)Nc1ncc2c(C3CCN(C(=O)c4cccnc4)CC3)cn([C@H]3CC[C@H](O)CC3)c2n1. The molecule has 0 spiro atoms. The maximum absolute atomic E-state index is 12.9. The van der Waals surface area contributed by atoms with E-state index >= 15 is 0 Å². The zero-order chi connectivity index (χ0) is 25.1. The Morgan fingerprint density at radius 2 is 1.94 bits per heavy atom. The third-order valence-electron chi connectivity index (χ3n) is 7.89. The number of aromatic nitrogens is 4. The van der Waals surface area contributed by atoms with Crippen molar-refractivity contribution in [3.63, 3.8) is 0 Å². The minimum atomic E-state index is -0.189. The van der Waals surface area contributed by atoms with Gasteiger partial charge in [-0.1, -0.05) is 13.3 Å². The molecule has 1 atom stereocenters. The normalized spacial score (nSPS) is 22.0. The quantitative estimate of drug-likeness (QED) is 0.488. The van der Waals surface area contributed by atoms with Gasteiger partial charge in [-0.25, -0.2) is 4.98 Å². The summed E-state index contributed by atoms with van der Waals surface area (Å²) in [4.78, 5) is 28.6. The molecule has 1 saturated heterocycles. The van der Waals surface area contributed by atoms with E-state index in [4.69, 9.17) is 9.97 Å². The van der Waals surface area contributed by atoms with Gasteiger partial charge in [-0.3, -0.25) is 9.78 Å². The maximum atomic E-state index is 12.9. The molecule has 0 unspecified atom stereocenters. The minimum Gasteiger partial charge on any atom is -0.393 e. The lowest BCUT2D eigenvalue weighted by atomic mass is 9.89. The third kappa shape index (κ3) is 5.24. The number of fused-ring (bicyclic) bond motifs is 1. The van der Waals surface area contributed by atoms with Crippen LogP contribution >= 0.6 is 0 Å². The first-order valence-electron chi connectivity index (χ1n) is 13.5. The molecule has 1 aliphatic heterocycles. The van der Waals surface area contributed by atoms with Crippen molar-refractivity contribution in [3.05, 3.63) is 48.0 Å². The largest absolute Gasteiger partial charge is 0.393 e. The van der Waals surface area contributed by atoms with Crippen molar-refractivity contribution in [1.29, 1.82) is 0 Å². The Labute approximate surface area is 213 Å². The summed E-state index contributed by atoms with van der Waals surface area (Å²) < 4.78 is 2.35. The van der Waals surface area contributed by atoms with Crippen molar-refractivity contribution in [2.24, 2.45) is 0 Å². The molecule has 3 aromatic heterocycles. The second kappa shape index (κ2) is 10.9. The molecule has 36 heavy (non-hydrogen) atoms. The molecule has 8 heteroatoms. The number of carbonyl (C=O) groups is 1. The molecular weight excluding hydrogens is 452 g/mol. The van der Waals surface area contributed by atoms with Gasteiger partial charge in [-0.15, -0.1) is 0 Å². The zero-order valence-electron chi connectivity index (χ0n) is 21.4. The number of hydrogen-bond acceptors (Lipinski definition) is 6. The molecule has 4 heterocycles. The predicted octanol–water partition coefficient (Wildman–Crippen LogP) is 4.92. The maximum Gasteiger partial charge on any atom is 0.255 e. The van der Waals surface area contributed by atoms with Gasteiger partial charge < -0.3 is 19.9 Å². The summed E-state index contributed by atoms with van der Waals surface area (Å²) in [5.74, 6) is 1.11. The Morgan fingerprint density at radius 1 is 1.17 bits per heavy atom. The van der Waals surface area contributed by atoms with Crippen molar-refractivity contribution in [3.8, 4) is 0 Å². The van der Waals surface area contributed by atoms with Crippen LogP contribution in [0.4, 0.5) is 5.95 Å². The molecule has 1 saturated carbocycles. The predicted molar refractivity (Wildman–Crippen MR) is 141 cm³/mol. The van der Waals surface area contributed by atoms with E-state index in [1.54, 1.807) is 12.4 Å². The number of anilines is 1. The molecule has 1 aliphatic carbocycles. The van der Waals surface area contributed by atoms with Gasteiger partial charge in [-0.2, -0.15) is 4.98 Å². The number of nitrogens with one attached hydrogen (secondary N) is 1. The summed E-state index contributed by atoms with van der Waals surface area (Å²) in [7, 11) is 0. The van der Waals surface area contributed by atoms with Gasteiger partial charge in [0.15, 0.2) is 0 Å². The fraction of sp³-hybridized carbons (Fsp3) is 0.571. The summed E-state index contributed by atoms with van der Waals surface area (Å²) in [5, 5.41) is 14.6. The zero-order valence-corrected chi connectivity index (χ0v) is 21.4. The van der Waals surface area contributed by atoms with Crippen LogP contribution < -0.4 is 5.32 Å². The average molecular weight is 491 g/mol. The fourth-order valence-electron chi connectivity index (χ4n) is 5.85. The Kier molecular flexibility index (Phi) is 7.51. The highest BCUT2D eigenvalue weighted by Gasteiger charge is 2.29. The highest BCUT2D eigenvalue weighted by molar-refractivity contribution is 5.94. The monoisotopic (exact) mass is 490 g/mol. The summed E-state index contributed by atoms with van der Waals surface area (Å²) in [6, 6.07) is 4.31. The van der Waals surface area contributed by atoms with Gasteiger partial charge in [0.1, 0.15) is 5.65 Å². The van der Waals surface area contributed by atoms with Crippen molar-refractivity contribution in [2.45, 2.75) is 89.3 Å². The lowest BCUT2D eigenvalue weighted by molar-refractivity contribution is 0.0712. The molecule has 2 aliphatic rings. The van der Waals surface area contributed by atoms with Crippen LogP contribution in [0.1, 0.15) is 93.1 Å². The van der Waals surface area contributed by atoms with E-state index in [9.17, 15) is 9.90 Å². The molecule has 2 fully saturated rings. The average Bonchev–Trinajstić information content (AvgIpc) is 3.28. The Morgan fingerprint density at radius 3 is 2.64 bits per heavy atom. The fourth-order valence-corrected chi connectivity index (χ4v) is 5.85. The molecule has 3 aromatic rings. The van der Waals surface area contributed by atoms with Crippen molar-refractivity contribution < 1.29 is 9.90 Å². The Balaban J connectivity index is 1.39. The van der Waals surface area contributed by atoms with Gasteiger partial charge in [0.05, 0.1) is 11.7 Å². The lowest BCUT2D eigenvalue weighted by Crippen LogP contribution is -2.37. The van der Waals surface area contributed by atoms with E-state index in [0.717, 1.165) is 75.5 Å². The Bertz CT molecular complexity index is 1160. The summed E-state index contributed by atoms with van der Waals surface area (Å²) in [5.41, 5.74) is 2.93. The van der Waals surface area contributed by atoms with E-state index in [-0.39, 0.29) is 12.0 Å². The number of pyridine rings is 1. The molecule has 5 rings (SSSR count). The van der Waals surface area contributed by atoms with E-state index in [1.807, 2.05) is 23.2 Å². The van der Waals surface area contributed by atoms with Crippen LogP contribution in [0.25, 0.3) is 11.0 Å². The molecule has 8 nitrogen and oxygen atoms in total. The van der Waals surface area contributed by atoms with Crippen molar-refractivity contribution >= 4 is 22.9 Å². The number of nitrogens with zero attached hydrogens (tertiary/aromatic N) is 5. The van der Waals surface area contributed by atoms with Gasteiger partial charge in [0, 0.05) is 55.3 Å². The molecule has 192 valence electrons. The second-order valence-electron chi connectivity index (χ2n) is 10.5. The van der Waals surface area contributed by atoms with Gasteiger partial charge >= 0.3 is 0 Å². The van der Waals surface area contributed by atoms with E-state index in [0.29, 0.717) is 29.5 Å². The van der Waals surface area contributed by atoms with Crippen LogP contribution in [0.5, 0.6) is 0 Å². The molecule has 0 bridgehead atoms. The Hall–Kier alpha value is -3.00. The molecule has 0 radical (unpaired) electrons. The number of carbonyl (C=O) groups excluding carboxylic acids is 1. The first-order chi connectivity index (χ1) is 17.5. The molecule has 2 N–H and O–H groups in total. The molecular formula is C28H38N6O2. The number of likely N-dealkylation sites (tertiary alicyclic amines) is 1. The number of amides is 1. The van der Waals surface area contributed by atoms with Crippen molar-refractivity contribution in [1.82, 2.24) is 24.4 Å².